The smallest absolute Gasteiger partial charge is 0.305 e. The number of ketones is 1. The highest BCUT2D eigenvalue weighted by Crippen LogP contribution is 2.31. The van der Waals surface area contributed by atoms with E-state index in [0.717, 1.165) is 10.9 Å². The van der Waals surface area contributed by atoms with Crippen LogP contribution in [-0.2, 0) is 25.6 Å². The van der Waals surface area contributed by atoms with Gasteiger partial charge in [-0.05, 0) is 23.6 Å². The highest BCUT2D eigenvalue weighted by atomic mass is 16.7. The first-order chi connectivity index (χ1) is 20.1. The van der Waals surface area contributed by atoms with Gasteiger partial charge in [0, 0.05) is 18.2 Å². The SMILES string of the molecule is CC(C)C(NC(=O)c1ccc2ccccc2n1)C1=NOC(Cc2ccccc2)(C(=O)N[C@@H](CC(=O)O)C(=O)CN=[N-])C1. The molecule has 0 spiro atoms. The first-order valence-corrected chi connectivity index (χ1v) is 13.4. The molecule has 3 N–H and O–H groups in total. The Labute approximate surface area is 242 Å². The van der Waals surface area contributed by atoms with Crippen molar-refractivity contribution in [1.82, 2.24) is 15.6 Å². The summed E-state index contributed by atoms with van der Waals surface area (Å²) in [6.45, 7) is 3.09. The second-order valence-electron chi connectivity index (χ2n) is 10.5. The number of nitrogens with zero attached hydrogens (tertiary/aromatic N) is 4. The molecule has 42 heavy (non-hydrogen) atoms. The number of carboxylic acids is 1. The molecule has 0 radical (unpaired) electrons. The molecule has 12 heteroatoms. The van der Waals surface area contributed by atoms with Crippen molar-refractivity contribution >= 4 is 40.2 Å². The van der Waals surface area contributed by atoms with Gasteiger partial charge in [0.05, 0.1) is 36.3 Å². The fourth-order valence-corrected chi connectivity index (χ4v) is 4.82. The molecular formula is C30H31N6O6-. The number of carbonyl (C=O) groups excluding carboxylic acids is 3. The Morgan fingerprint density at radius 2 is 1.74 bits per heavy atom. The molecule has 4 rings (SSSR count). The fourth-order valence-electron chi connectivity index (χ4n) is 4.82. The number of rotatable bonds is 13. The van der Waals surface area contributed by atoms with Crippen LogP contribution in [0.5, 0.6) is 0 Å². The number of aromatic nitrogens is 1. The lowest BCUT2D eigenvalue weighted by atomic mass is 9.84. The Kier molecular flexibility index (Phi) is 9.35. The van der Waals surface area contributed by atoms with Crippen LogP contribution in [0.4, 0.5) is 0 Å². The fraction of sp³-hybridized carbons (Fsp3) is 0.333. The standard InChI is InChI=1S/C30H31N6O6/c1-18(2)27(35-28(40)22-13-12-20-10-6-7-11-21(20)33-22)24-16-30(42-36-24,15-19-8-4-3-5-9-19)29(41)34-23(14-26(38)39)25(37)17-32-31/h3-13,18,23,27H,14-17H2,1-2H3,(H,34,41)(H,35,40)(H,38,39)/q-1/t23-,27?,30?/m0/s1. The van der Waals surface area contributed by atoms with Crippen molar-refractivity contribution in [3.8, 4) is 0 Å². The van der Waals surface area contributed by atoms with Crippen LogP contribution in [-0.4, -0.2) is 63.6 Å². The molecule has 3 aromatic rings. The van der Waals surface area contributed by atoms with Crippen molar-refractivity contribution in [1.29, 1.82) is 0 Å². The lowest BCUT2D eigenvalue weighted by Crippen LogP contribution is -2.55. The molecular weight excluding hydrogens is 540 g/mol. The number of hydrogen-bond acceptors (Lipinski definition) is 8. The average molecular weight is 572 g/mol. The molecule has 2 heterocycles. The predicted octanol–water partition coefficient (Wildman–Crippen LogP) is 3.30. The topological polar surface area (TPSA) is 182 Å². The minimum absolute atomic E-state index is 0.0413. The summed E-state index contributed by atoms with van der Waals surface area (Å²) >= 11 is 0. The van der Waals surface area contributed by atoms with Gasteiger partial charge in [-0.15, -0.1) is 0 Å². The summed E-state index contributed by atoms with van der Waals surface area (Å²) in [5, 5.41) is 22.6. The maximum Gasteiger partial charge on any atom is 0.305 e. The van der Waals surface area contributed by atoms with Crippen LogP contribution in [0.15, 0.2) is 77.0 Å². The molecule has 0 fully saturated rings. The van der Waals surface area contributed by atoms with Gasteiger partial charge in [0.2, 0.25) is 5.60 Å². The molecule has 2 amide bonds. The van der Waals surface area contributed by atoms with E-state index in [-0.39, 0.29) is 24.5 Å². The zero-order valence-electron chi connectivity index (χ0n) is 23.2. The van der Waals surface area contributed by atoms with E-state index in [2.05, 4.69) is 25.9 Å². The highest BCUT2D eigenvalue weighted by Gasteiger charge is 2.49. The number of nitrogens with one attached hydrogen (secondary N) is 2. The summed E-state index contributed by atoms with van der Waals surface area (Å²) in [6.07, 6.45) is -0.699. The monoisotopic (exact) mass is 571 g/mol. The van der Waals surface area contributed by atoms with E-state index in [1.807, 2.05) is 50.2 Å². The first kappa shape index (κ1) is 30.0. The lowest BCUT2D eigenvalue weighted by molar-refractivity contribution is -0.147. The molecule has 0 aliphatic carbocycles. The largest absolute Gasteiger partial charge is 0.712 e. The summed E-state index contributed by atoms with van der Waals surface area (Å²) in [6, 6.07) is 17.8. The normalized spacial score (nSPS) is 17.5. The van der Waals surface area contributed by atoms with Gasteiger partial charge in [0.25, 0.3) is 11.8 Å². The summed E-state index contributed by atoms with van der Waals surface area (Å²) in [7, 11) is 0. The molecule has 0 bridgehead atoms. The molecule has 3 atom stereocenters. The highest BCUT2D eigenvalue weighted by molar-refractivity contribution is 6.03. The van der Waals surface area contributed by atoms with Gasteiger partial charge in [-0.3, -0.25) is 19.2 Å². The van der Waals surface area contributed by atoms with Gasteiger partial charge < -0.3 is 31.2 Å². The van der Waals surface area contributed by atoms with Crippen LogP contribution in [0.1, 0.15) is 42.7 Å². The summed E-state index contributed by atoms with van der Waals surface area (Å²) < 4.78 is 0. The van der Waals surface area contributed by atoms with Gasteiger partial charge in [-0.1, -0.05) is 73.6 Å². The number of amides is 2. The van der Waals surface area contributed by atoms with Crippen molar-refractivity contribution in [2.45, 2.75) is 50.8 Å². The Morgan fingerprint density at radius 1 is 1.02 bits per heavy atom. The molecule has 0 saturated heterocycles. The Balaban J connectivity index is 1.59. The van der Waals surface area contributed by atoms with Crippen molar-refractivity contribution < 1.29 is 29.1 Å². The van der Waals surface area contributed by atoms with E-state index >= 15 is 0 Å². The van der Waals surface area contributed by atoms with Crippen LogP contribution in [0.25, 0.3) is 16.4 Å². The van der Waals surface area contributed by atoms with Gasteiger partial charge in [0.1, 0.15) is 5.69 Å². The maximum atomic E-state index is 13.7. The first-order valence-electron chi connectivity index (χ1n) is 13.4. The van der Waals surface area contributed by atoms with E-state index in [4.69, 9.17) is 10.4 Å². The van der Waals surface area contributed by atoms with Gasteiger partial charge in [-0.2, -0.15) is 0 Å². The molecule has 2 unspecified atom stereocenters. The molecule has 1 aliphatic rings. The summed E-state index contributed by atoms with van der Waals surface area (Å²) in [4.78, 5) is 61.1. The second-order valence-corrected chi connectivity index (χ2v) is 10.5. The number of hydrogen-bond donors (Lipinski definition) is 3. The molecule has 12 nitrogen and oxygen atoms in total. The van der Waals surface area contributed by atoms with Crippen molar-refractivity contribution in [3.05, 3.63) is 83.5 Å². The van der Waals surface area contributed by atoms with E-state index in [9.17, 15) is 24.3 Å². The molecule has 1 aliphatic heterocycles. The van der Waals surface area contributed by atoms with E-state index in [1.165, 1.54) is 0 Å². The quantitative estimate of drug-likeness (QED) is 0.263. The van der Waals surface area contributed by atoms with Gasteiger partial charge >= 0.3 is 5.97 Å². The molecule has 0 saturated carbocycles. The number of aliphatic carboxylic acids is 1. The Bertz CT molecular complexity index is 1520. The molecule has 1 aromatic heterocycles. The van der Waals surface area contributed by atoms with E-state index < -0.39 is 54.2 Å². The Morgan fingerprint density at radius 3 is 2.43 bits per heavy atom. The number of carboxylic acid groups (broad SMARTS) is 1. The number of pyridine rings is 1. The Hall–Kier alpha value is -5.00. The van der Waals surface area contributed by atoms with Crippen LogP contribution in [0, 0.1) is 5.92 Å². The lowest BCUT2D eigenvalue weighted by Gasteiger charge is -2.29. The average Bonchev–Trinajstić information content (AvgIpc) is 3.40. The molecule has 218 valence electrons. The van der Waals surface area contributed by atoms with Crippen LogP contribution < -0.4 is 10.6 Å². The number of benzene rings is 2. The summed E-state index contributed by atoms with van der Waals surface area (Å²) in [5.74, 6) is -3.44. The third-order valence-corrected chi connectivity index (χ3v) is 6.99. The van der Waals surface area contributed by atoms with Crippen LogP contribution in [0.3, 0.4) is 0 Å². The molecule has 2 aromatic carbocycles. The maximum absolute atomic E-state index is 13.7. The zero-order valence-corrected chi connectivity index (χ0v) is 23.2. The second kappa shape index (κ2) is 13.1. The van der Waals surface area contributed by atoms with E-state index in [0.29, 0.717) is 11.2 Å². The van der Waals surface area contributed by atoms with Crippen molar-refractivity contribution in [3.63, 3.8) is 0 Å². The van der Waals surface area contributed by atoms with Gasteiger partial charge in [-0.25, -0.2) is 4.98 Å². The minimum Gasteiger partial charge on any atom is -0.712 e. The number of Topliss-reactive ketones (excluding diaryl/α,β-unsaturated/α-hetero) is 1. The van der Waals surface area contributed by atoms with Crippen molar-refractivity contribution in [2.24, 2.45) is 16.2 Å². The zero-order chi connectivity index (χ0) is 30.3. The number of fused-ring (bicyclic) bond motifs is 1. The summed E-state index contributed by atoms with van der Waals surface area (Å²) in [5.41, 5.74) is 9.22. The van der Waals surface area contributed by atoms with Gasteiger partial charge in [0.15, 0.2) is 5.78 Å². The number of carbonyl (C=O) groups is 4. The number of oxime groups is 1. The third-order valence-electron chi connectivity index (χ3n) is 6.99. The van der Waals surface area contributed by atoms with E-state index in [1.54, 1.807) is 30.3 Å². The van der Waals surface area contributed by atoms with Crippen molar-refractivity contribution in [2.75, 3.05) is 6.54 Å². The van der Waals surface area contributed by atoms with Crippen LogP contribution in [0.2, 0.25) is 0 Å². The van der Waals surface area contributed by atoms with Crippen LogP contribution >= 0.6 is 0 Å². The predicted molar refractivity (Wildman–Crippen MR) is 154 cm³/mol. The number of para-hydroxylation sites is 1. The minimum atomic E-state index is -1.64. The third kappa shape index (κ3) is 7.00.